The molecule has 2 saturated carbocycles. The topological polar surface area (TPSA) is 15.3 Å². The predicted octanol–water partition coefficient (Wildman–Crippen LogP) is 2.35. The molecule has 2 bridgehead atoms. The summed E-state index contributed by atoms with van der Waals surface area (Å²) in [6.07, 6.45) is 7.44. The first-order valence-corrected chi connectivity index (χ1v) is 7.18. The number of rotatable bonds is 7. The lowest BCUT2D eigenvalue weighted by Crippen LogP contribution is -2.31. The van der Waals surface area contributed by atoms with Crippen LogP contribution in [-0.4, -0.2) is 38.1 Å². The SMILES string of the molecule is CCNCCCN(C)CC1CC2CCC1C2. The van der Waals surface area contributed by atoms with Crippen molar-refractivity contribution >= 4 is 0 Å². The summed E-state index contributed by atoms with van der Waals surface area (Å²) in [5.41, 5.74) is 0. The Bertz CT molecular complexity index is 205. The molecule has 0 aliphatic heterocycles. The Morgan fingerprint density at radius 3 is 2.75 bits per heavy atom. The first-order valence-electron chi connectivity index (χ1n) is 7.18. The van der Waals surface area contributed by atoms with Crippen molar-refractivity contribution in [1.29, 1.82) is 0 Å². The van der Waals surface area contributed by atoms with Gasteiger partial charge in [0, 0.05) is 6.54 Å². The summed E-state index contributed by atoms with van der Waals surface area (Å²) in [5.74, 6) is 3.22. The van der Waals surface area contributed by atoms with Crippen LogP contribution in [0.5, 0.6) is 0 Å². The van der Waals surface area contributed by atoms with Crippen LogP contribution in [-0.2, 0) is 0 Å². The van der Waals surface area contributed by atoms with Crippen molar-refractivity contribution in [2.75, 3.05) is 33.2 Å². The molecule has 0 heterocycles. The van der Waals surface area contributed by atoms with Crippen LogP contribution in [0.25, 0.3) is 0 Å². The Kier molecular flexibility index (Phi) is 4.66. The maximum absolute atomic E-state index is 3.40. The molecule has 0 aromatic heterocycles. The van der Waals surface area contributed by atoms with Crippen molar-refractivity contribution in [2.45, 2.75) is 39.0 Å². The third kappa shape index (κ3) is 3.21. The largest absolute Gasteiger partial charge is 0.317 e. The highest BCUT2D eigenvalue weighted by molar-refractivity contribution is 4.90. The van der Waals surface area contributed by atoms with Gasteiger partial charge >= 0.3 is 0 Å². The monoisotopic (exact) mass is 224 g/mol. The van der Waals surface area contributed by atoms with Gasteiger partial charge in [-0.3, -0.25) is 0 Å². The van der Waals surface area contributed by atoms with Gasteiger partial charge in [-0.05, 0) is 70.1 Å². The summed E-state index contributed by atoms with van der Waals surface area (Å²) in [6.45, 7) is 7.08. The second-order valence-corrected chi connectivity index (χ2v) is 5.90. The first-order chi connectivity index (χ1) is 7.79. The Balaban J connectivity index is 1.58. The molecule has 1 N–H and O–H groups in total. The van der Waals surface area contributed by atoms with E-state index in [4.69, 9.17) is 0 Å². The fourth-order valence-electron chi connectivity index (χ4n) is 3.74. The van der Waals surface area contributed by atoms with Crippen LogP contribution in [0, 0.1) is 17.8 Å². The van der Waals surface area contributed by atoms with E-state index in [9.17, 15) is 0 Å². The molecule has 0 radical (unpaired) electrons. The standard InChI is InChI=1S/C14H28N2/c1-3-15-7-4-8-16(2)11-14-10-12-5-6-13(14)9-12/h12-15H,3-11H2,1-2H3. The van der Waals surface area contributed by atoms with E-state index in [0.29, 0.717) is 0 Å². The fourth-order valence-corrected chi connectivity index (χ4v) is 3.74. The number of nitrogens with zero attached hydrogens (tertiary/aromatic N) is 1. The van der Waals surface area contributed by atoms with Gasteiger partial charge in [-0.1, -0.05) is 13.3 Å². The second kappa shape index (κ2) is 6.02. The zero-order chi connectivity index (χ0) is 11.4. The van der Waals surface area contributed by atoms with Crippen LogP contribution in [0.2, 0.25) is 0 Å². The Labute approximate surface area is 101 Å². The Morgan fingerprint density at radius 2 is 2.12 bits per heavy atom. The minimum absolute atomic E-state index is 1.03. The molecule has 0 aromatic rings. The van der Waals surface area contributed by atoms with E-state index in [1.165, 1.54) is 45.3 Å². The molecular weight excluding hydrogens is 196 g/mol. The molecule has 0 spiro atoms. The van der Waals surface area contributed by atoms with Gasteiger partial charge < -0.3 is 10.2 Å². The van der Waals surface area contributed by atoms with Crippen molar-refractivity contribution in [3.63, 3.8) is 0 Å². The lowest BCUT2D eigenvalue weighted by atomic mass is 9.88. The summed E-state index contributed by atoms with van der Waals surface area (Å²) in [5, 5.41) is 3.40. The highest BCUT2D eigenvalue weighted by Gasteiger charge is 2.39. The molecule has 2 fully saturated rings. The van der Waals surface area contributed by atoms with Gasteiger partial charge in [-0.25, -0.2) is 0 Å². The average Bonchev–Trinajstić information content (AvgIpc) is 2.86. The zero-order valence-corrected chi connectivity index (χ0v) is 11.0. The third-order valence-corrected chi connectivity index (χ3v) is 4.57. The summed E-state index contributed by atoms with van der Waals surface area (Å²) < 4.78 is 0. The molecule has 2 aliphatic carbocycles. The van der Waals surface area contributed by atoms with Gasteiger partial charge in [0.15, 0.2) is 0 Å². The van der Waals surface area contributed by atoms with Gasteiger partial charge in [-0.15, -0.1) is 0 Å². The molecule has 2 rings (SSSR count). The van der Waals surface area contributed by atoms with Crippen LogP contribution in [0.1, 0.15) is 39.0 Å². The van der Waals surface area contributed by atoms with Gasteiger partial charge in [-0.2, -0.15) is 0 Å². The molecule has 2 aliphatic rings. The van der Waals surface area contributed by atoms with Gasteiger partial charge in [0.2, 0.25) is 0 Å². The highest BCUT2D eigenvalue weighted by atomic mass is 15.1. The minimum atomic E-state index is 1.03. The lowest BCUT2D eigenvalue weighted by molar-refractivity contribution is 0.218. The predicted molar refractivity (Wildman–Crippen MR) is 69.6 cm³/mol. The second-order valence-electron chi connectivity index (χ2n) is 5.90. The number of hydrogen-bond donors (Lipinski definition) is 1. The van der Waals surface area contributed by atoms with Crippen LogP contribution in [0.3, 0.4) is 0 Å². The molecule has 3 unspecified atom stereocenters. The van der Waals surface area contributed by atoms with Crippen molar-refractivity contribution in [3.8, 4) is 0 Å². The van der Waals surface area contributed by atoms with Gasteiger partial charge in [0.05, 0.1) is 0 Å². The maximum Gasteiger partial charge on any atom is 0.000937 e. The molecule has 16 heavy (non-hydrogen) atoms. The Hall–Kier alpha value is -0.0800. The number of nitrogens with one attached hydrogen (secondary N) is 1. The average molecular weight is 224 g/mol. The van der Waals surface area contributed by atoms with Crippen LogP contribution in [0.15, 0.2) is 0 Å². The minimum Gasteiger partial charge on any atom is -0.317 e. The normalized spacial score (nSPS) is 32.8. The zero-order valence-electron chi connectivity index (χ0n) is 11.0. The summed E-state index contributed by atoms with van der Waals surface area (Å²) in [7, 11) is 2.30. The summed E-state index contributed by atoms with van der Waals surface area (Å²) in [6, 6.07) is 0. The van der Waals surface area contributed by atoms with E-state index in [2.05, 4.69) is 24.2 Å². The van der Waals surface area contributed by atoms with E-state index >= 15 is 0 Å². The van der Waals surface area contributed by atoms with Crippen molar-refractivity contribution in [2.24, 2.45) is 17.8 Å². The van der Waals surface area contributed by atoms with E-state index in [0.717, 1.165) is 24.3 Å². The van der Waals surface area contributed by atoms with Crippen LogP contribution in [0.4, 0.5) is 0 Å². The van der Waals surface area contributed by atoms with Crippen molar-refractivity contribution in [3.05, 3.63) is 0 Å². The van der Waals surface area contributed by atoms with E-state index < -0.39 is 0 Å². The van der Waals surface area contributed by atoms with E-state index in [1.807, 2.05) is 0 Å². The van der Waals surface area contributed by atoms with Crippen molar-refractivity contribution in [1.82, 2.24) is 10.2 Å². The molecule has 94 valence electrons. The molecule has 2 nitrogen and oxygen atoms in total. The number of hydrogen-bond acceptors (Lipinski definition) is 2. The molecule has 3 atom stereocenters. The summed E-state index contributed by atoms with van der Waals surface area (Å²) >= 11 is 0. The van der Waals surface area contributed by atoms with E-state index in [1.54, 1.807) is 6.42 Å². The van der Waals surface area contributed by atoms with Gasteiger partial charge in [0.1, 0.15) is 0 Å². The molecule has 0 amide bonds. The quantitative estimate of drug-likeness (QED) is 0.668. The molecular formula is C14H28N2. The maximum atomic E-state index is 3.40. The summed E-state index contributed by atoms with van der Waals surface area (Å²) in [4.78, 5) is 2.56. The van der Waals surface area contributed by atoms with Crippen LogP contribution < -0.4 is 5.32 Å². The Morgan fingerprint density at radius 1 is 1.25 bits per heavy atom. The molecule has 0 aromatic carbocycles. The highest BCUT2D eigenvalue weighted by Crippen LogP contribution is 2.48. The van der Waals surface area contributed by atoms with Crippen LogP contribution >= 0.6 is 0 Å². The number of fused-ring (bicyclic) bond motifs is 2. The van der Waals surface area contributed by atoms with Gasteiger partial charge in [0.25, 0.3) is 0 Å². The smallest absolute Gasteiger partial charge is 0.000937 e. The third-order valence-electron chi connectivity index (χ3n) is 4.57. The lowest BCUT2D eigenvalue weighted by Gasteiger charge is -2.27. The first kappa shape index (κ1) is 12.4. The fraction of sp³-hybridized carbons (Fsp3) is 1.00. The van der Waals surface area contributed by atoms with Crippen molar-refractivity contribution < 1.29 is 0 Å². The van der Waals surface area contributed by atoms with E-state index in [-0.39, 0.29) is 0 Å². The molecule has 0 saturated heterocycles. The molecule has 2 heteroatoms.